The third kappa shape index (κ3) is 3.62. The highest BCUT2D eigenvalue weighted by Crippen LogP contribution is 2.18. The van der Waals surface area contributed by atoms with Crippen LogP contribution in [0.25, 0.3) is 0 Å². The molecule has 0 saturated carbocycles. The van der Waals surface area contributed by atoms with Crippen LogP contribution in [0.4, 0.5) is 0 Å². The fourth-order valence-electron chi connectivity index (χ4n) is 2.80. The number of fused-ring (bicyclic) bond motifs is 1. The van der Waals surface area contributed by atoms with E-state index in [4.69, 9.17) is 9.15 Å². The lowest BCUT2D eigenvalue weighted by atomic mass is 10.1. The van der Waals surface area contributed by atoms with Crippen LogP contribution in [-0.4, -0.2) is 34.4 Å². The van der Waals surface area contributed by atoms with Gasteiger partial charge in [-0.25, -0.2) is 0 Å². The molecule has 2 aromatic rings. The highest BCUT2D eigenvalue weighted by Gasteiger charge is 2.22. The molecule has 21 heavy (non-hydrogen) atoms. The van der Waals surface area contributed by atoms with Crippen molar-refractivity contribution in [2.75, 3.05) is 19.8 Å². The van der Waals surface area contributed by atoms with Crippen molar-refractivity contribution in [2.24, 2.45) is 5.92 Å². The van der Waals surface area contributed by atoms with Gasteiger partial charge in [-0.05, 0) is 12.1 Å². The molecule has 112 valence electrons. The molecule has 0 N–H and O–H groups in total. The van der Waals surface area contributed by atoms with Crippen molar-refractivity contribution >= 4 is 0 Å². The predicted molar refractivity (Wildman–Crippen MR) is 79.6 cm³/mol. The van der Waals surface area contributed by atoms with Crippen molar-refractivity contribution in [3.63, 3.8) is 0 Å². The molecular formula is C16H21N3O2. The number of nitrogens with zero attached hydrogens (tertiary/aromatic N) is 3. The maximum absolute atomic E-state index is 5.65. The minimum absolute atomic E-state index is 0.429. The first kappa shape index (κ1) is 14.1. The van der Waals surface area contributed by atoms with Crippen molar-refractivity contribution in [1.29, 1.82) is 0 Å². The summed E-state index contributed by atoms with van der Waals surface area (Å²) in [7, 11) is 0. The molecule has 5 heteroatoms. The van der Waals surface area contributed by atoms with Crippen LogP contribution in [0.5, 0.6) is 0 Å². The lowest BCUT2D eigenvalue weighted by molar-refractivity contribution is 0.0932. The Morgan fingerprint density at radius 1 is 1.43 bits per heavy atom. The minimum atomic E-state index is 0.429. The molecule has 0 aliphatic carbocycles. The van der Waals surface area contributed by atoms with Crippen LogP contribution in [0.15, 0.2) is 47.9 Å². The van der Waals surface area contributed by atoms with Crippen molar-refractivity contribution in [3.05, 3.63) is 54.8 Å². The Bertz CT molecular complexity index is 562. The van der Waals surface area contributed by atoms with Gasteiger partial charge in [-0.15, -0.1) is 6.58 Å². The Morgan fingerprint density at radius 2 is 2.38 bits per heavy atom. The van der Waals surface area contributed by atoms with Gasteiger partial charge < -0.3 is 9.15 Å². The van der Waals surface area contributed by atoms with E-state index in [2.05, 4.69) is 27.3 Å². The van der Waals surface area contributed by atoms with E-state index in [9.17, 15) is 0 Å². The van der Waals surface area contributed by atoms with Crippen LogP contribution in [-0.2, 0) is 24.4 Å². The zero-order chi connectivity index (χ0) is 14.5. The molecule has 2 aromatic heterocycles. The summed E-state index contributed by atoms with van der Waals surface area (Å²) in [5.41, 5.74) is 2.46. The topological polar surface area (TPSA) is 43.4 Å². The van der Waals surface area contributed by atoms with Gasteiger partial charge in [0, 0.05) is 43.9 Å². The van der Waals surface area contributed by atoms with Crippen LogP contribution in [0.2, 0.25) is 0 Å². The van der Waals surface area contributed by atoms with E-state index < -0.39 is 0 Å². The van der Waals surface area contributed by atoms with Crippen molar-refractivity contribution in [2.45, 2.75) is 19.6 Å². The average molecular weight is 287 g/mol. The van der Waals surface area contributed by atoms with Crippen LogP contribution in [0.3, 0.4) is 0 Å². The maximum atomic E-state index is 5.65. The molecule has 0 amide bonds. The van der Waals surface area contributed by atoms with E-state index >= 15 is 0 Å². The smallest absolute Gasteiger partial charge is 0.0947 e. The zero-order valence-electron chi connectivity index (χ0n) is 12.1. The van der Waals surface area contributed by atoms with Crippen LogP contribution in [0, 0.1) is 5.92 Å². The van der Waals surface area contributed by atoms with Crippen LogP contribution in [0.1, 0.15) is 11.3 Å². The first-order valence-electron chi connectivity index (χ1n) is 7.28. The molecular weight excluding hydrogens is 266 g/mol. The summed E-state index contributed by atoms with van der Waals surface area (Å²) in [5, 5.41) is 4.42. The average Bonchev–Trinajstić information content (AvgIpc) is 3.09. The van der Waals surface area contributed by atoms with Crippen LogP contribution < -0.4 is 0 Å². The van der Waals surface area contributed by atoms with Gasteiger partial charge in [0.15, 0.2) is 0 Å². The molecule has 0 bridgehead atoms. The number of hydrogen-bond acceptors (Lipinski definition) is 4. The Morgan fingerprint density at radius 3 is 3.19 bits per heavy atom. The molecule has 1 aliphatic rings. The van der Waals surface area contributed by atoms with E-state index in [1.54, 1.807) is 12.3 Å². The van der Waals surface area contributed by atoms with Gasteiger partial charge in [-0.2, -0.15) is 5.10 Å². The molecule has 1 aliphatic heterocycles. The molecule has 0 fully saturated rings. The lowest BCUT2D eigenvalue weighted by Gasteiger charge is -2.23. The Kier molecular flexibility index (Phi) is 4.52. The van der Waals surface area contributed by atoms with E-state index in [0.717, 1.165) is 32.8 Å². The summed E-state index contributed by atoms with van der Waals surface area (Å²) >= 11 is 0. The fraction of sp³-hybridized carbons (Fsp3) is 0.438. The van der Waals surface area contributed by atoms with Gasteiger partial charge >= 0.3 is 0 Å². The second-order valence-electron chi connectivity index (χ2n) is 5.50. The molecule has 3 heterocycles. The van der Waals surface area contributed by atoms with Crippen LogP contribution >= 0.6 is 0 Å². The fourth-order valence-corrected chi connectivity index (χ4v) is 2.80. The SMILES string of the molecule is C=CCOC[C@H]1CN(Cc2ccoc2)Cc2ccnn2C1. The molecule has 1 atom stereocenters. The van der Waals surface area contributed by atoms with E-state index in [1.807, 2.05) is 18.5 Å². The Labute approximate surface area is 124 Å². The molecule has 0 aromatic carbocycles. The first-order chi connectivity index (χ1) is 10.3. The zero-order valence-corrected chi connectivity index (χ0v) is 12.1. The minimum Gasteiger partial charge on any atom is -0.472 e. The number of aromatic nitrogens is 2. The van der Waals surface area contributed by atoms with Gasteiger partial charge in [0.25, 0.3) is 0 Å². The quantitative estimate of drug-likeness (QED) is 0.604. The van der Waals surface area contributed by atoms with Crippen molar-refractivity contribution < 1.29 is 9.15 Å². The molecule has 0 spiro atoms. The van der Waals surface area contributed by atoms with E-state index in [0.29, 0.717) is 12.5 Å². The van der Waals surface area contributed by atoms with Crippen molar-refractivity contribution in [1.82, 2.24) is 14.7 Å². The largest absolute Gasteiger partial charge is 0.472 e. The van der Waals surface area contributed by atoms with E-state index in [-0.39, 0.29) is 0 Å². The van der Waals surface area contributed by atoms with Gasteiger partial charge in [-0.1, -0.05) is 6.08 Å². The number of furan rings is 1. The van der Waals surface area contributed by atoms with Gasteiger partial charge in [-0.3, -0.25) is 9.58 Å². The van der Waals surface area contributed by atoms with Gasteiger partial charge in [0.2, 0.25) is 0 Å². The highest BCUT2D eigenvalue weighted by atomic mass is 16.5. The summed E-state index contributed by atoms with van der Waals surface area (Å²) in [6.07, 6.45) is 7.20. The molecule has 0 radical (unpaired) electrons. The highest BCUT2D eigenvalue weighted by molar-refractivity contribution is 5.07. The first-order valence-corrected chi connectivity index (χ1v) is 7.28. The summed E-state index contributed by atoms with van der Waals surface area (Å²) in [4.78, 5) is 2.42. The third-order valence-corrected chi connectivity index (χ3v) is 3.71. The third-order valence-electron chi connectivity index (χ3n) is 3.71. The molecule has 3 rings (SSSR count). The summed E-state index contributed by atoms with van der Waals surface area (Å²) in [5.74, 6) is 0.429. The summed E-state index contributed by atoms with van der Waals surface area (Å²) in [6.45, 7) is 8.71. The van der Waals surface area contributed by atoms with E-state index in [1.165, 1.54) is 11.3 Å². The number of hydrogen-bond donors (Lipinski definition) is 0. The molecule has 5 nitrogen and oxygen atoms in total. The molecule has 0 unspecified atom stereocenters. The number of ether oxygens (including phenoxy) is 1. The monoisotopic (exact) mass is 287 g/mol. The van der Waals surface area contributed by atoms with Gasteiger partial charge in [0.1, 0.15) is 0 Å². The summed E-state index contributed by atoms with van der Waals surface area (Å²) < 4.78 is 12.9. The second-order valence-corrected chi connectivity index (χ2v) is 5.50. The lowest BCUT2D eigenvalue weighted by Crippen LogP contribution is -2.30. The van der Waals surface area contributed by atoms with Gasteiger partial charge in [0.05, 0.1) is 31.4 Å². The normalized spacial score (nSPS) is 19.1. The second kappa shape index (κ2) is 6.74. The predicted octanol–water partition coefficient (Wildman–Crippen LogP) is 2.31. The van der Waals surface area contributed by atoms with Crippen molar-refractivity contribution in [3.8, 4) is 0 Å². The standard InChI is InChI=1S/C16H21N3O2/c1-2-6-20-13-15-9-18(8-14-4-7-21-12-14)11-16-3-5-17-19(16)10-15/h2-5,7,12,15H,1,6,8-11,13H2/t15-/m0/s1. The Balaban J connectivity index is 1.69. The number of rotatable bonds is 6. The maximum Gasteiger partial charge on any atom is 0.0947 e. The Hall–Kier alpha value is -1.85. The molecule has 0 saturated heterocycles. The summed E-state index contributed by atoms with van der Waals surface area (Å²) in [6, 6.07) is 4.11.